The van der Waals surface area contributed by atoms with Crippen molar-refractivity contribution in [3.8, 4) is 5.75 Å². The number of ether oxygens (including phenoxy) is 3. The smallest absolute Gasteiger partial charge is 0.191 e. The fraction of sp³-hybridized carbons (Fsp3) is 0.650. The van der Waals surface area contributed by atoms with Gasteiger partial charge in [-0.1, -0.05) is 12.1 Å². The van der Waals surface area contributed by atoms with E-state index in [1.165, 1.54) is 6.07 Å². The summed E-state index contributed by atoms with van der Waals surface area (Å²) < 4.78 is 30.4. The molecule has 0 spiro atoms. The van der Waals surface area contributed by atoms with Crippen molar-refractivity contribution in [3.63, 3.8) is 0 Å². The standard InChI is InChI=1S/C20H32FN3O3/c1-3-22-20(23-11-7-12-25-15-17-8-6-13-26-17)24-14-16(2)27-19-10-5-4-9-18(19)21/h4-5,9-10,16-17H,3,6-8,11-15H2,1-2H3,(H2,22,23,24). The van der Waals surface area contributed by atoms with E-state index in [1.54, 1.807) is 18.2 Å². The van der Waals surface area contributed by atoms with Crippen LogP contribution in [-0.4, -0.2) is 57.6 Å². The molecule has 6 nitrogen and oxygen atoms in total. The summed E-state index contributed by atoms with van der Waals surface area (Å²) in [6.45, 7) is 8.08. The molecule has 152 valence electrons. The summed E-state index contributed by atoms with van der Waals surface area (Å²) in [4.78, 5) is 4.51. The van der Waals surface area contributed by atoms with Crippen LogP contribution in [-0.2, 0) is 9.47 Å². The third kappa shape index (κ3) is 8.58. The Balaban J connectivity index is 1.64. The van der Waals surface area contributed by atoms with E-state index in [4.69, 9.17) is 14.2 Å². The first-order valence-electron chi connectivity index (χ1n) is 9.81. The average Bonchev–Trinajstić information content (AvgIpc) is 3.18. The van der Waals surface area contributed by atoms with Crippen LogP contribution in [0.25, 0.3) is 0 Å². The van der Waals surface area contributed by atoms with Gasteiger partial charge in [-0.25, -0.2) is 9.38 Å². The van der Waals surface area contributed by atoms with Crippen LogP contribution in [0.2, 0.25) is 0 Å². The van der Waals surface area contributed by atoms with E-state index in [1.807, 2.05) is 13.8 Å². The van der Waals surface area contributed by atoms with E-state index in [0.29, 0.717) is 19.8 Å². The van der Waals surface area contributed by atoms with Crippen LogP contribution >= 0.6 is 0 Å². The van der Waals surface area contributed by atoms with Gasteiger partial charge < -0.3 is 24.8 Å². The van der Waals surface area contributed by atoms with Crippen molar-refractivity contribution in [2.75, 3.05) is 39.5 Å². The number of nitrogens with one attached hydrogen (secondary N) is 2. The van der Waals surface area contributed by atoms with Crippen molar-refractivity contribution in [2.45, 2.75) is 45.3 Å². The summed E-state index contributed by atoms with van der Waals surface area (Å²) in [5.41, 5.74) is 0. The Morgan fingerprint density at radius 2 is 2.22 bits per heavy atom. The van der Waals surface area contributed by atoms with Crippen molar-refractivity contribution in [2.24, 2.45) is 4.99 Å². The Hall–Kier alpha value is -1.86. The minimum atomic E-state index is -0.360. The maximum Gasteiger partial charge on any atom is 0.191 e. The van der Waals surface area contributed by atoms with Crippen molar-refractivity contribution in [3.05, 3.63) is 30.1 Å². The summed E-state index contributed by atoms with van der Waals surface area (Å²) in [7, 11) is 0. The monoisotopic (exact) mass is 381 g/mol. The topological polar surface area (TPSA) is 64.1 Å². The van der Waals surface area contributed by atoms with E-state index < -0.39 is 0 Å². The zero-order chi connectivity index (χ0) is 19.3. The summed E-state index contributed by atoms with van der Waals surface area (Å²) in [6, 6.07) is 6.40. The first kappa shape index (κ1) is 21.4. The van der Waals surface area contributed by atoms with Crippen LogP contribution in [0.15, 0.2) is 29.3 Å². The third-order valence-corrected chi connectivity index (χ3v) is 4.10. The highest BCUT2D eigenvalue weighted by Crippen LogP contribution is 2.17. The van der Waals surface area contributed by atoms with Gasteiger partial charge in [0, 0.05) is 26.3 Å². The minimum absolute atomic E-state index is 0.230. The van der Waals surface area contributed by atoms with Gasteiger partial charge in [-0.05, 0) is 45.2 Å². The normalized spacial score (nSPS) is 18.3. The predicted molar refractivity (Wildman–Crippen MR) is 105 cm³/mol. The summed E-state index contributed by atoms with van der Waals surface area (Å²) in [5, 5.41) is 6.48. The van der Waals surface area contributed by atoms with Gasteiger partial charge in [-0.15, -0.1) is 0 Å². The van der Waals surface area contributed by atoms with Gasteiger partial charge in [0.2, 0.25) is 0 Å². The first-order chi connectivity index (χ1) is 13.2. The molecule has 2 N–H and O–H groups in total. The average molecular weight is 381 g/mol. The number of nitrogens with zero attached hydrogens (tertiary/aromatic N) is 1. The van der Waals surface area contributed by atoms with Gasteiger partial charge in [0.25, 0.3) is 0 Å². The Bertz CT molecular complexity index is 565. The molecule has 1 fully saturated rings. The molecule has 0 aliphatic carbocycles. The highest BCUT2D eigenvalue weighted by Gasteiger charge is 2.14. The molecule has 2 unspecified atom stereocenters. The Morgan fingerprint density at radius 3 is 2.96 bits per heavy atom. The Kier molecular flexibility index (Phi) is 9.94. The largest absolute Gasteiger partial charge is 0.486 e. The maximum absolute atomic E-state index is 13.6. The van der Waals surface area contributed by atoms with E-state index in [-0.39, 0.29) is 23.8 Å². The number of rotatable bonds is 11. The van der Waals surface area contributed by atoms with E-state index >= 15 is 0 Å². The second kappa shape index (κ2) is 12.5. The summed E-state index contributed by atoms with van der Waals surface area (Å²) >= 11 is 0. The lowest BCUT2D eigenvalue weighted by molar-refractivity contribution is 0.0168. The summed E-state index contributed by atoms with van der Waals surface area (Å²) in [6.07, 6.45) is 3.16. The number of hydrogen-bond acceptors (Lipinski definition) is 4. The van der Waals surface area contributed by atoms with Crippen molar-refractivity contribution in [1.29, 1.82) is 0 Å². The zero-order valence-electron chi connectivity index (χ0n) is 16.4. The lowest BCUT2D eigenvalue weighted by atomic mass is 10.2. The number of guanidine groups is 1. The van der Waals surface area contributed by atoms with Crippen LogP contribution in [0.5, 0.6) is 5.75 Å². The molecule has 0 saturated carbocycles. The zero-order valence-corrected chi connectivity index (χ0v) is 16.4. The number of hydrogen-bond donors (Lipinski definition) is 2. The van der Waals surface area contributed by atoms with Crippen LogP contribution in [0.4, 0.5) is 4.39 Å². The lowest BCUT2D eigenvalue weighted by Gasteiger charge is -2.15. The number of aliphatic imine (C=N–C) groups is 1. The molecule has 1 heterocycles. The lowest BCUT2D eigenvalue weighted by Crippen LogP contribution is -2.38. The second-order valence-corrected chi connectivity index (χ2v) is 6.57. The molecule has 1 saturated heterocycles. The Labute approximate surface area is 161 Å². The SMILES string of the molecule is CCNC(=NCC(C)Oc1ccccc1F)NCCCOCC1CCCO1. The number of benzene rings is 1. The van der Waals surface area contributed by atoms with E-state index in [0.717, 1.165) is 44.9 Å². The molecule has 27 heavy (non-hydrogen) atoms. The second-order valence-electron chi connectivity index (χ2n) is 6.57. The van der Waals surface area contributed by atoms with Gasteiger partial charge in [0.05, 0.1) is 19.3 Å². The highest BCUT2D eigenvalue weighted by atomic mass is 19.1. The maximum atomic E-state index is 13.6. The predicted octanol–water partition coefficient (Wildman–Crippen LogP) is 2.73. The van der Waals surface area contributed by atoms with Crippen LogP contribution in [0.1, 0.15) is 33.1 Å². The minimum Gasteiger partial charge on any atom is -0.486 e. The quantitative estimate of drug-likeness (QED) is 0.351. The van der Waals surface area contributed by atoms with Crippen molar-refractivity contribution in [1.82, 2.24) is 10.6 Å². The van der Waals surface area contributed by atoms with E-state index in [2.05, 4.69) is 15.6 Å². The number of para-hydroxylation sites is 1. The molecule has 0 amide bonds. The molecule has 2 rings (SSSR count). The van der Waals surface area contributed by atoms with Gasteiger partial charge in [-0.3, -0.25) is 0 Å². The third-order valence-electron chi connectivity index (χ3n) is 4.10. The molecule has 1 aliphatic heterocycles. The molecule has 0 radical (unpaired) electrons. The molecule has 7 heteroatoms. The molecule has 0 bridgehead atoms. The van der Waals surface area contributed by atoms with E-state index in [9.17, 15) is 4.39 Å². The number of halogens is 1. The first-order valence-corrected chi connectivity index (χ1v) is 9.81. The Morgan fingerprint density at radius 1 is 1.37 bits per heavy atom. The fourth-order valence-corrected chi connectivity index (χ4v) is 2.73. The summed E-state index contributed by atoms with van der Waals surface area (Å²) in [5.74, 6) is 0.614. The van der Waals surface area contributed by atoms with Gasteiger partial charge in [0.1, 0.15) is 6.10 Å². The van der Waals surface area contributed by atoms with Crippen molar-refractivity contribution >= 4 is 5.96 Å². The van der Waals surface area contributed by atoms with Crippen LogP contribution in [0.3, 0.4) is 0 Å². The molecule has 1 aliphatic rings. The fourth-order valence-electron chi connectivity index (χ4n) is 2.73. The van der Waals surface area contributed by atoms with Crippen molar-refractivity contribution < 1.29 is 18.6 Å². The molecule has 1 aromatic carbocycles. The highest BCUT2D eigenvalue weighted by molar-refractivity contribution is 5.79. The van der Waals surface area contributed by atoms with Crippen LogP contribution < -0.4 is 15.4 Å². The van der Waals surface area contributed by atoms with Gasteiger partial charge in [0.15, 0.2) is 17.5 Å². The van der Waals surface area contributed by atoms with Gasteiger partial charge >= 0.3 is 0 Å². The molecule has 0 aromatic heterocycles. The molecular formula is C20H32FN3O3. The van der Waals surface area contributed by atoms with Gasteiger partial charge in [-0.2, -0.15) is 0 Å². The molecule has 1 aromatic rings. The van der Waals surface area contributed by atoms with Crippen LogP contribution in [0, 0.1) is 5.82 Å². The molecule has 2 atom stereocenters. The molecular weight excluding hydrogens is 349 g/mol.